The Morgan fingerprint density at radius 3 is 2.38 bits per heavy atom. The Balaban J connectivity index is 2.42. The number of aromatic nitrogens is 1. The van der Waals surface area contributed by atoms with Crippen molar-refractivity contribution in [2.45, 2.75) is 20.0 Å². The summed E-state index contributed by atoms with van der Waals surface area (Å²) in [6.45, 7) is 3.76. The fraction of sp³-hybridized carbons (Fsp3) is 0.200. The normalized spacial score (nSPS) is 11.0. The number of benzene rings is 1. The molecule has 108 valence electrons. The van der Waals surface area contributed by atoms with Crippen molar-refractivity contribution in [1.29, 1.82) is 5.26 Å². The molecule has 1 heterocycles. The van der Waals surface area contributed by atoms with Gasteiger partial charge in [0.2, 0.25) is 5.88 Å². The van der Waals surface area contributed by atoms with Crippen LogP contribution in [0.4, 0.5) is 13.2 Å². The first-order valence-corrected chi connectivity index (χ1v) is 6.04. The van der Waals surface area contributed by atoms with Crippen LogP contribution in [0.1, 0.15) is 22.4 Å². The number of rotatable bonds is 2. The monoisotopic (exact) mass is 292 g/mol. The molecule has 2 aromatic rings. The number of alkyl halides is 3. The van der Waals surface area contributed by atoms with Crippen LogP contribution in [-0.4, -0.2) is 4.98 Å². The van der Waals surface area contributed by atoms with E-state index in [1.54, 1.807) is 24.3 Å². The largest absolute Gasteiger partial charge is 0.438 e. The predicted octanol–water partition coefficient (Wildman–Crippen LogP) is 4.38. The summed E-state index contributed by atoms with van der Waals surface area (Å²) in [5.74, 6) is -0.0167. The summed E-state index contributed by atoms with van der Waals surface area (Å²) < 4.78 is 43.3. The number of pyridine rings is 1. The molecular weight excluding hydrogens is 281 g/mol. The Kier molecular flexibility index (Phi) is 3.85. The van der Waals surface area contributed by atoms with Gasteiger partial charge in [0.15, 0.2) is 0 Å². The molecule has 0 aliphatic rings. The molecule has 0 spiro atoms. The van der Waals surface area contributed by atoms with Crippen molar-refractivity contribution >= 4 is 0 Å². The highest BCUT2D eigenvalue weighted by molar-refractivity contribution is 5.43. The molecule has 0 fully saturated rings. The first-order chi connectivity index (χ1) is 9.81. The second kappa shape index (κ2) is 5.44. The molecule has 21 heavy (non-hydrogen) atoms. The molecule has 0 N–H and O–H groups in total. The van der Waals surface area contributed by atoms with Crippen molar-refractivity contribution in [2.75, 3.05) is 0 Å². The quantitative estimate of drug-likeness (QED) is 0.825. The molecule has 0 unspecified atom stereocenters. The van der Waals surface area contributed by atoms with Crippen LogP contribution >= 0.6 is 0 Å². The van der Waals surface area contributed by atoms with Crippen molar-refractivity contribution in [1.82, 2.24) is 4.98 Å². The van der Waals surface area contributed by atoms with E-state index in [1.165, 1.54) is 0 Å². The summed E-state index contributed by atoms with van der Waals surface area (Å²) in [7, 11) is 0. The molecule has 1 aromatic carbocycles. The fourth-order valence-corrected chi connectivity index (χ4v) is 1.65. The number of hydrogen-bond donors (Lipinski definition) is 0. The third-order valence-corrected chi connectivity index (χ3v) is 2.96. The van der Waals surface area contributed by atoms with E-state index in [0.29, 0.717) is 5.75 Å². The average Bonchev–Trinajstić information content (AvgIpc) is 2.42. The number of halogens is 3. The van der Waals surface area contributed by atoms with E-state index < -0.39 is 11.9 Å². The molecule has 0 aliphatic carbocycles. The first kappa shape index (κ1) is 14.9. The van der Waals surface area contributed by atoms with Gasteiger partial charge in [0.1, 0.15) is 23.1 Å². The zero-order chi connectivity index (χ0) is 15.6. The van der Waals surface area contributed by atoms with Crippen molar-refractivity contribution in [3.8, 4) is 17.7 Å². The molecule has 0 atom stereocenters. The van der Waals surface area contributed by atoms with Crippen molar-refractivity contribution in [3.63, 3.8) is 0 Å². The highest BCUT2D eigenvalue weighted by Crippen LogP contribution is 2.32. The highest BCUT2D eigenvalue weighted by atomic mass is 19.4. The van der Waals surface area contributed by atoms with E-state index >= 15 is 0 Å². The van der Waals surface area contributed by atoms with E-state index in [4.69, 9.17) is 10.00 Å². The number of aryl methyl sites for hydroxylation is 2. The maximum absolute atomic E-state index is 12.7. The van der Waals surface area contributed by atoms with Gasteiger partial charge in [-0.05, 0) is 49.2 Å². The van der Waals surface area contributed by atoms with E-state index in [-0.39, 0.29) is 11.4 Å². The van der Waals surface area contributed by atoms with Crippen molar-refractivity contribution in [2.24, 2.45) is 0 Å². The maximum Gasteiger partial charge on any atom is 0.433 e. The Bertz CT molecular complexity index is 718. The zero-order valence-electron chi connectivity index (χ0n) is 11.3. The Morgan fingerprint density at radius 2 is 1.81 bits per heavy atom. The minimum Gasteiger partial charge on any atom is -0.438 e. The SMILES string of the molecule is Cc1ccc(Oc2nc(C(F)(F)F)ccc2C#N)cc1C. The zero-order valence-corrected chi connectivity index (χ0v) is 11.3. The maximum atomic E-state index is 12.7. The summed E-state index contributed by atoms with van der Waals surface area (Å²) in [4.78, 5) is 3.39. The molecule has 0 saturated heterocycles. The lowest BCUT2D eigenvalue weighted by atomic mass is 10.1. The topological polar surface area (TPSA) is 45.9 Å². The molecule has 2 rings (SSSR count). The van der Waals surface area contributed by atoms with Crippen LogP contribution < -0.4 is 4.74 Å². The van der Waals surface area contributed by atoms with Crippen LogP contribution in [0.2, 0.25) is 0 Å². The summed E-state index contributed by atoms with van der Waals surface area (Å²) in [5, 5.41) is 8.94. The van der Waals surface area contributed by atoms with Gasteiger partial charge in [-0.3, -0.25) is 0 Å². The molecule has 0 aliphatic heterocycles. The first-order valence-electron chi connectivity index (χ1n) is 6.04. The second-order valence-corrected chi connectivity index (χ2v) is 4.51. The standard InChI is InChI=1S/C15H11F3N2O/c1-9-3-5-12(7-10(9)2)21-14-11(8-19)4-6-13(20-14)15(16,17)18/h3-7H,1-2H3. The number of hydrogen-bond acceptors (Lipinski definition) is 3. The lowest BCUT2D eigenvalue weighted by Gasteiger charge is -2.11. The van der Waals surface area contributed by atoms with Crippen LogP contribution in [0.5, 0.6) is 11.6 Å². The summed E-state index contributed by atoms with van der Waals surface area (Å²) in [6, 6.07) is 8.65. The van der Waals surface area contributed by atoms with Crippen molar-refractivity contribution < 1.29 is 17.9 Å². The van der Waals surface area contributed by atoms with Crippen LogP contribution in [0.3, 0.4) is 0 Å². The molecule has 0 bridgehead atoms. The van der Waals surface area contributed by atoms with Gasteiger partial charge in [-0.2, -0.15) is 18.4 Å². The minimum atomic E-state index is -4.59. The van der Waals surface area contributed by atoms with Gasteiger partial charge in [-0.15, -0.1) is 0 Å². The van der Waals surface area contributed by atoms with Gasteiger partial charge in [-0.1, -0.05) is 6.07 Å². The summed E-state index contributed by atoms with van der Waals surface area (Å²) in [5.41, 5.74) is 0.805. The number of nitrogens with zero attached hydrogens (tertiary/aromatic N) is 2. The number of nitriles is 1. The van der Waals surface area contributed by atoms with E-state index in [0.717, 1.165) is 23.3 Å². The summed E-state index contributed by atoms with van der Waals surface area (Å²) >= 11 is 0. The molecule has 3 nitrogen and oxygen atoms in total. The van der Waals surface area contributed by atoms with E-state index in [1.807, 2.05) is 13.8 Å². The third kappa shape index (κ3) is 3.31. The van der Waals surface area contributed by atoms with Gasteiger partial charge in [0.05, 0.1) is 0 Å². The second-order valence-electron chi connectivity index (χ2n) is 4.51. The van der Waals surface area contributed by atoms with Gasteiger partial charge in [-0.25, -0.2) is 4.98 Å². The fourth-order valence-electron chi connectivity index (χ4n) is 1.65. The van der Waals surface area contributed by atoms with Crippen LogP contribution in [-0.2, 0) is 6.18 Å². The van der Waals surface area contributed by atoms with Gasteiger partial charge >= 0.3 is 6.18 Å². The average molecular weight is 292 g/mol. The van der Waals surface area contributed by atoms with Crippen molar-refractivity contribution in [3.05, 3.63) is 52.7 Å². The van der Waals surface area contributed by atoms with E-state index in [9.17, 15) is 13.2 Å². The Labute approximate surface area is 119 Å². The molecule has 0 radical (unpaired) electrons. The Hall–Kier alpha value is -2.55. The molecule has 1 aromatic heterocycles. The Morgan fingerprint density at radius 1 is 1.10 bits per heavy atom. The lowest BCUT2D eigenvalue weighted by molar-refractivity contribution is -0.141. The van der Waals surface area contributed by atoms with Gasteiger partial charge in [0, 0.05) is 0 Å². The predicted molar refractivity (Wildman–Crippen MR) is 69.9 cm³/mol. The lowest BCUT2D eigenvalue weighted by Crippen LogP contribution is -2.09. The van der Waals surface area contributed by atoms with Gasteiger partial charge in [0.25, 0.3) is 0 Å². The summed E-state index contributed by atoms with van der Waals surface area (Å²) in [6.07, 6.45) is -4.59. The van der Waals surface area contributed by atoms with Crippen LogP contribution in [0, 0.1) is 25.2 Å². The highest BCUT2D eigenvalue weighted by Gasteiger charge is 2.33. The molecular formula is C15H11F3N2O. The number of ether oxygens (including phenoxy) is 1. The molecule has 0 amide bonds. The minimum absolute atomic E-state index is 0.0544. The van der Waals surface area contributed by atoms with E-state index in [2.05, 4.69) is 4.98 Å². The molecule has 0 saturated carbocycles. The smallest absolute Gasteiger partial charge is 0.433 e. The third-order valence-electron chi connectivity index (χ3n) is 2.96. The van der Waals surface area contributed by atoms with Gasteiger partial charge < -0.3 is 4.74 Å². The molecule has 6 heteroatoms. The van der Waals surface area contributed by atoms with Crippen LogP contribution in [0.25, 0.3) is 0 Å². The van der Waals surface area contributed by atoms with Crippen LogP contribution in [0.15, 0.2) is 30.3 Å².